The Bertz CT molecular complexity index is 1740. The van der Waals surface area contributed by atoms with Gasteiger partial charge >= 0.3 is 12.5 Å². The van der Waals surface area contributed by atoms with E-state index in [1.165, 1.54) is 17.0 Å². The van der Waals surface area contributed by atoms with Crippen molar-refractivity contribution in [3.05, 3.63) is 71.1 Å². The molecule has 2 amide bonds. The maximum atomic E-state index is 12.9. The van der Waals surface area contributed by atoms with Crippen molar-refractivity contribution >= 4 is 68.6 Å². The molecule has 0 saturated carbocycles. The summed E-state index contributed by atoms with van der Waals surface area (Å²) >= 11 is 8.31. The molecule has 16 heteroatoms. The van der Waals surface area contributed by atoms with E-state index in [1.807, 2.05) is 22.8 Å². The van der Waals surface area contributed by atoms with Gasteiger partial charge in [0.15, 0.2) is 0 Å². The van der Waals surface area contributed by atoms with Gasteiger partial charge in [-0.3, -0.25) is 9.78 Å². The van der Waals surface area contributed by atoms with Crippen LogP contribution in [0.4, 0.5) is 23.7 Å². The number of pyridine rings is 1. The van der Waals surface area contributed by atoms with E-state index in [2.05, 4.69) is 60.5 Å². The number of aryl methyl sites for hydroxylation is 1. The number of amides is 2. The summed E-state index contributed by atoms with van der Waals surface area (Å²) in [6, 6.07) is 9.79. The molecule has 1 atom stereocenters. The van der Waals surface area contributed by atoms with Crippen LogP contribution in [-0.4, -0.2) is 63.0 Å². The highest BCUT2D eigenvalue weighted by Crippen LogP contribution is 2.39. The first kappa shape index (κ1) is 37.5. The van der Waals surface area contributed by atoms with Gasteiger partial charge in [0, 0.05) is 56.1 Å². The van der Waals surface area contributed by atoms with E-state index >= 15 is 0 Å². The van der Waals surface area contributed by atoms with Crippen molar-refractivity contribution in [1.82, 2.24) is 24.8 Å². The number of hydrogen-bond acceptors (Lipinski definition) is 7. The second-order valence-corrected chi connectivity index (χ2v) is 14.3. The molecule has 0 saturated heterocycles. The highest BCUT2D eigenvalue weighted by Gasteiger charge is 2.32. The minimum atomic E-state index is -4.90. The molecule has 4 rings (SSSR count). The summed E-state index contributed by atoms with van der Waals surface area (Å²) in [5.41, 5.74) is 4.92. The monoisotopic (exact) mass is 818 g/mol. The Hall–Kier alpha value is -3.36. The van der Waals surface area contributed by atoms with Crippen LogP contribution < -0.4 is 15.4 Å². The maximum Gasteiger partial charge on any atom is 0.573 e. The van der Waals surface area contributed by atoms with Crippen LogP contribution in [0.2, 0.25) is 5.02 Å². The van der Waals surface area contributed by atoms with E-state index in [-0.39, 0.29) is 30.4 Å². The van der Waals surface area contributed by atoms with Crippen LogP contribution in [0, 0.1) is 6.92 Å². The molecule has 0 aliphatic carbocycles. The molecule has 1 unspecified atom stereocenters. The van der Waals surface area contributed by atoms with Crippen LogP contribution in [0.25, 0.3) is 22.0 Å². The third-order valence-corrected chi connectivity index (χ3v) is 9.19. The van der Waals surface area contributed by atoms with Gasteiger partial charge in [0.05, 0.1) is 23.1 Å². The molecule has 4 aromatic rings. The quantitative estimate of drug-likeness (QED) is 0.0792. The summed E-state index contributed by atoms with van der Waals surface area (Å²) in [4.78, 5) is 31.1. The molecule has 0 spiro atoms. The fraction of sp³-hybridized carbons (Fsp3) is 0.375. The first-order chi connectivity index (χ1) is 22.6. The molecule has 0 radical (unpaired) electrons. The van der Waals surface area contributed by atoms with Gasteiger partial charge in [0.1, 0.15) is 11.4 Å². The van der Waals surface area contributed by atoms with Crippen LogP contribution in [0.3, 0.4) is 0 Å². The Kier molecular flexibility index (Phi) is 12.8. The molecular weight excluding hydrogens is 783 g/mol. The molecular formula is C32H36ClF3IN6O4P. The molecule has 0 bridgehead atoms. The molecule has 0 aliphatic heterocycles. The zero-order valence-electron chi connectivity index (χ0n) is 26.8. The first-order valence-corrected chi connectivity index (χ1v) is 19.4. The van der Waals surface area contributed by atoms with Gasteiger partial charge in [0.25, 0.3) is 0 Å². The number of halogens is 5. The fourth-order valence-corrected chi connectivity index (χ4v) is 6.72. The predicted octanol–water partition coefficient (Wildman–Crippen LogP) is 8.50. The zero-order chi connectivity index (χ0) is 35.1. The van der Waals surface area contributed by atoms with E-state index in [0.29, 0.717) is 31.4 Å². The minimum Gasteiger partial charge on any atom is -0.444 e. The number of hydrogen-bond donors (Lipinski definition) is 2. The molecule has 0 aliphatic rings. The molecule has 48 heavy (non-hydrogen) atoms. The molecule has 2 N–H and O–H groups in total. The van der Waals surface area contributed by atoms with Gasteiger partial charge in [-0.15, -0.1) is 13.2 Å². The lowest BCUT2D eigenvalue weighted by Crippen LogP contribution is -2.39. The number of nitrogens with one attached hydrogen (secondary N) is 2. The highest BCUT2D eigenvalue weighted by atomic mass is 127. The number of carbonyl (C=O) groups excluding carboxylic acids is 2. The SMILES string of the molecule is Cc1c(-c2ccncc2)cc(NCCCNC(=O)CCN(Cc2ccc(OC(F)(F)F)c(Cl)c2)C(=O)OC(C)(C)C)c2cnn(PI)c12. The number of rotatable bonds is 13. The zero-order valence-corrected chi connectivity index (χ0v) is 30.7. The summed E-state index contributed by atoms with van der Waals surface area (Å²) in [6.07, 6.45) is 0.891. The average Bonchev–Trinajstić information content (AvgIpc) is 3.45. The average molecular weight is 819 g/mol. The third kappa shape index (κ3) is 10.6. The van der Waals surface area contributed by atoms with E-state index in [4.69, 9.17) is 16.3 Å². The lowest BCUT2D eigenvalue weighted by molar-refractivity contribution is -0.274. The van der Waals surface area contributed by atoms with Crippen LogP contribution in [-0.2, 0) is 16.1 Å². The van der Waals surface area contributed by atoms with Crippen LogP contribution >= 0.6 is 40.0 Å². The number of benzene rings is 2. The van der Waals surface area contributed by atoms with Crippen LogP contribution in [0.5, 0.6) is 5.75 Å². The Morgan fingerprint density at radius 2 is 1.83 bits per heavy atom. The molecule has 10 nitrogen and oxygen atoms in total. The van der Waals surface area contributed by atoms with Crippen molar-refractivity contribution < 1.29 is 32.2 Å². The van der Waals surface area contributed by atoms with E-state index in [0.717, 1.165) is 39.3 Å². The second kappa shape index (κ2) is 16.4. The molecule has 2 heterocycles. The van der Waals surface area contributed by atoms with Crippen molar-refractivity contribution in [2.75, 3.05) is 25.0 Å². The van der Waals surface area contributed by atoms with Crippen LogP contribution in [0.15, 0.2) is 55.0 Å². The van der Waals surface area contributed by atoms with Gasteiger partial charge in [-0.05, 0) is 109 Å². The van der Waals surface area contributed by atoms with Gasteiger partial charge in [0.2, 0.25) is 5.91 Å². The Morgan fingerprint density at radius 1 is 1.10 bits per heavy atom. The lowest BCUT2D eigenvalue weighted by atomic mass is 9.98. The normalized spacial score (nSPS) is 12.0. The Labute approximate surface area is 296 Å². The van der Waals surface area contributed by atoms with Gasteiger partial charge < -0.3 is 25.0 Å². The largest absolute Gasteiger partial charge is 0.573 e. The minimum absolute atomic E-state index is 0.0119. The number of carbonyl (C=O) groups is 2. The van der Waals surface area contributed by atoms with E-state index in [1.54, 1.807) is 33.2 Å². The summed E-state index contributed by atoms with van der Waals surface area (Å²) in [7, 11) is 0. The van der Waals surface area contributed by atoms with Gasteiger partial charge in [-0.1, -0.05) is 17.7 Å². The smallest absolute Gasteiger partial charge is 0.444 e. The van der Waals surface area contributed by atoms with Crippen molar-refractivity contribution in [3.63, 3.8) is 0 Å². The number of anilines is 1. The molecule has 2 aromatic heterocycles. The lowest BCUT2D eigenvalue weighted by Gasteiger charge is -2.27. The van der Waals surface area contributed by atoms with Crippen molar-refractivity contribution in [3.8, 4) is 16.9 Å². The van der Waals surface area contributed by atoms with Crippen LogP contribution in [0.1, 0.15) is 44.7 Å². The molecule has 0 fully saturated rings. The first-order valence-electron chi connectivity index (χ1n) is 15.0. The molecule has 258 valence electrons. The van der Waals surface area contributed by atoms with E-state index < -0.39 is 23.8 Å². The summed E-state index contributed by atoms with van der Waals surface area (Å²) in [5, 5.41) is 11.7. The summed E-state index contributed by atoms with van der Waals surface area (Å²) in [6.45, 7) is 8.18. The van der Waals surface area contributed by atoms with Gasteiger partial charge in [-0.2, -0.15) is 5.10 Å². The number of ether oxygens (including phenoxy) is 2. The summed E-state index contributed by atoms with van der Waals surface area (Å²) in [5.74, 6) is -0.819. The number of aromatic nitrogens is 3. The predicted molar refractivity (Wildman–Crippen MR) is 191 cm³/mol. The third-order valence-electron chi connectivity index (χ3n) is 7.03. The summed E-state index contributed by atoms with van der Waals surface area (Å²) < 4.78 is 49.3. The van der Waals surface area contributed by atoms with Crippen molar-refractivity contribution in [2.45, 2.75) is 59.0 Å². The molecule has 2 aromatic carbocycles. The Balaban J connectivity index is 1.34. The van der Waals surface area contributed by atoms with Crippen molar-refractivity contribution in [2.24, 2.45) is 0 Å². The van der Waals surface area contributed by atoms with E-state index in [9.17, 15) is 22.8 Å². The highest BCUT2D eigenvalue weighted by molar-refractivity contribution is 14.2. The second-order valence-electron chi connectivity index (χ2n) is 11.8. The number of nitrogens with zero attached hydrogens (tertiary/aromatic N) is 4. The number of alkyl halides is 3. The standard InChI is InChI=1S/C32H36ClF3IN6O4P/c1-20-23(22-8-13-38-14-9-22)17-26(24-18-41-43(48-37)29(20)24)39-11-5-12-40-28(44)10-15-42(30(45)47-31(2,3)4)19-21-6-7-27(25(33)16-21)46-32(34,35)36/h6-9,13-14,16-18,39,48H,5,10-12,15,19H2,1-4H3,(H,40,44). The fourth-order valence-electron chi connectivity index (χ4n) is 4.90. The number of fused-ring (bicyclic) bond motifs is 1. The topological polar surface area (TPSA) is 111 Å². The van der Waals surface area contributed by atoms with Crippen molar-refractivity contribution in [1.29, 1.82) is 0 Å². The maximum absolute atomic E-state index is 12.9. The Morgan fingerprint density at radius 3 is 2.48 bits per heavy atom. The van der Waals surface area contributed by atoms with Gasteiger partial charge in [-0.25, -0.2) is 9.25 Å².